The largest absolute Gasteiger partial charge is 0.352 e. The Kier molecular flexibility index (Phi) is 26.4. The molecule has 45 heavy (non-hydrogen) atoms. The Morgan fingerprint density at radius 1 is 0.356 bits per heavy atom. The molecule has 1 aromatic carbocycles. The molecule has 0 radical (unpaired) electrons. The lowest BCUT2D eigenvalue weighted by molar-refractivity contribution is 0.149. The van der Waals surface area contributed by atoms with Crippen molar-refractivity contribution in [3.8, 4) is 0 Å². The Bertz CT molecular complexity index is 758. The van der Waals surface area contributed by atoms with E-state index in [1.54, 1.807) is 0 Å². The number of hydrogen-bond donors (Lipinski definition) is 0. The molecule has 1 heterocycles. The molecule has 1 unspecified atom stereocenters. The Morgan fingerprint density at radius 2 is 0.622 bits per heavy atom. The molecule has 2 nitrogen and oxygen atoms in total. The third kappa shape index (κ3) is 21.1. The molecule has 2 rings (SSSR count). The van der Waals surface area contributed by atoms with Crippen LogP contribution in [0.25, 0.3) is 0 Å². The minimum absolute atomic E-state index is 0.393. The maximum absolute atomic E-state index is 2.61. The molecular formula is C43H78N2. The second-order valence-electron chi connectivity index (χ2n) is 14.5. The van der Waals surface area contributed by atoms with Gasteiger partial charge in [0.1, 0.15) is 6.17 Å². The summed E-state index contributed by atoms with van der Waals surface area (Å²) in [6.45, 7) is 6.98. The lowest BCUT2D eigenvalue weighted by Gasteiger charge is -2.33. The Balaban J connectivity index is 1.48. The van der Waals surface area contributed by atoms with Crippen LogP contribution in [-0.4, -0.2) is 22.9 Å². The highest BCUT2D eigenvalue weighted by molar-refractivity contribution is 5.21. The topological polar surface area (TPSA) is 6.48 Å². The minimum Gasteiger partial charge on any atom is -0.352 e. The zero-order valence-corrected chi connectivity index (χ0v) is 30.6. The van der Waals surface area contributed by atoms with Crippen molar-refractivity contribution in [2.24, 2.45) is 0 Å². The van der Waals surface area contributed by atoms with Gasteiger partial charge in [0.05, 0.1) is 0 Å². The van der Waals surface area contributed by atoms with Gasteiger partial charge in [-0.3, -0.25) is 0 Å². The number of hydrogen-bond acceptors (Lipinski definition) is 2. The molecule has 1 aliphatic rings. The Morgan fingerprint density at radius 3 is 0.911 bits per heavy atom. The van der Waals surface area contributed by atoms with Gasteiger partial charge in [-0.05, 0) is 18.4 Å². The lowest BCUT2D eigenvalue weighted by atomic mass is 10.0. The first-order chi connectivity index (χ1) is 22.4. The van der Waals surface area contributed by atoms with Crippen molar-refractivity contribution in [2.45, 2.75) is 213 Å². The predicted octanol–water partition coefficient (Wildman–Crippen LogP) is 14.5. The van der Waals surface area contributed by atoms with E-state index in [2.05, 4.69) is 66.4 Å². The van der Waals surface area contributed by atoms with Crippen molar-refractivity contribution < 1.29 is 0 Å². The van der Waals surface area contributed by atoms with E-state index < -0.39 is 0 Å². The highest BCUT2D eigenvalue weighted by Crippen LogP contribution is 2.31. The molecule has 0 aromatic heterocycles. The van der Waals surface area contributed by atoms with Crippen LogP contribution >= 0.6 is 0 Å². The second-order valence-corrected chi connectivity index (χ2v) is 14.5. The number of unbranched alkanes of at least 4 members (excludes halogenated alkanes) is 28. The van der Waals surface area contributed by atoms with Gasteiger partial charge in [0.2, 0.25) is 0 Å². The summed E-state index contributed by atoms with van der Waals surface area (Å²) in [5, 5.41) is 0. The van der Waals surface area contributed by atoms with E-state index in [1.807, 2.05) is 0 Å². The molecule has 0 N–H and O–H groups in total. The SMILES string of the molecule is CCCCCCCCCCCCCCCCCCN1C=CN(CCCCCCCCCCCCCCCC)C1c1ccccc1. The first-order valence-electron chi connectivity index (χ1n) is 20.6. The lowest BCUT2D eigenvalue weighted by Crippen LogP contribution is -2.32. The fourth-order valence-corrected chi connectivity index (χ4v) is 7.26. The van der Waals surface area contributed by atoms with Gasteiger partial charge in [-0.2, -0.15) is 0 Å². The third-order valence-corrected chi connectivity index (χ3v) is 10.2. The van der Waals surface area contributed by atoms with Gasteiger partial charge in [0.15, 0.2) is 0 Å². The summed E-state index contributed by atoms with van der Waals surface area (Å²) in [5.74, 6) is 0. The van der Waals surface area contributed by atoms with E-state index in [-0.39, 0.29) is 0 Å². The van der Waals surface area contributed by atoms with Crippen molar-refractivity contribution in [1.82, 2.24) is 9.80 Å². The maximum atomic E-state index is 2.61. The van der Waals surface area contributed by atoms with Crippen molar-refractivity contribution in [1.29, 1.82) is 0 Å². The molecule has 0 fully saturated rings. The van der Waals surface area contributed by atoms with E-state index in [9.17, 15) is 0 Å². The molecule has 0 aliphatic carbocycles. The van der Waals surface area contributed by atoms with Crippen LogP contribution in [0.5, 0.6) is 0 Å². The molecule has 1 atom stereocenters. The summed E-state index contributed by atoms with van der Waals surface area (Å²) in [7, 11) is 0. The van der Waals surface area contributed by atoms with Crippen LogP contribution in [0.3, 0.4) is 0 Å². The van der Waals surface area contributed by atoms with E-state index in [0.29, 0.717) is 6.17 Å². The molecule has 0 amide bonds. The standard InChI is InChI=1S/C43H78N2/c1-3-5-7-9-11-13-15-17-19-20-22-24-26-28-30-35-39-45-41-40-44(43(45)42-36-32-31-33-37-42)38-34-29-27-25-23-21-18-16-14-12-10-8-6-4-2/h31-33,36-37,40-41,43H,3-30,34-35,38-39H2,1-2H3. The first-order valence-corrected chi connectivity index (χ1v) is 20.6. The van der Waals surface area contributed by atoms with Gasteiger partial charge in [-0.25, -0.2) is 0 Å². The summed E-state index contributed by atoms with van der Waals surface area (Å²) < 4.78 is 0. The van der Waals surface area contributed by atoms with Crippen LogP contribution in [0.2, 0.25) is 0 Å². The van der Waals surface area contributed by atoms with E-state index in [4.69, 9.17) is 0 Å². The monoisotopic (exact) mass is 623 g/mol. The van der Waals surface area contributed by atoms with E-state index >= 15 is 0 Å². The highest BCUT2D eigenvalue weighted by Gasteiger charge is 2.26. The van der Waals surface area contributed by atoms with Gasteiger partial charge in [-0.15, -0.1) is 0 Å². The van der Waals surface area contributed by atoms with E-state index in [0.717, 1.165) is 0 Å². The average Bonchev–Trinajstić information content (AvgIpc) is 3.47. The number of benzene rings is 1. The summed E-state index contributed by atoms with van der Waals surface area (Å²) in [6, 6.07) is 11.2. The summed E-state index contributed by atoms with van der Waals surface area (Å²) >= 11 is 0. The van der Waals surface area contributed by atoms with Crippen LogP contribution in [0.15, 0.2) is 42.7 Å². The molecule has 0 saturated heterocycles. The fraction of sp³-hybridized carbons (Fsp3) is 0.814. The second kappa shape index (κ2) is 29.9. The molecule has 0 spiro atoms. The van der Waals surface area contributed by atoms with Crippen molar-refractivity contribution in [3.63, 3.8) is 0 Å². The van der Waals surface area contributed by atoms with Crippen molar-refractivity contribution >= 4 is 0 Å². The number of rotatable bonds is 33. The summed E-state index contributed by atoms with van der Waals surface area (Å²) in [4.78, 5) is 5.23. The Labute approximate surface area is 283 Å². The minimum atomic E-state index is 0.393. The van der Waals surface area contributed by atoms with Gasteiger partial charge >= 0.3 is 0 Å². The summed E-state index contributed by atoms with van der Waals surface area (Å²) in [6.07, 6.45) is 48.1. The fourth-order valence-electron chi connectivity index (χ4n) is 7.26. The van der Waals surface area contributed by atoms with Crippen molar-refractivity contribution in [3.05, 3.63) is 48.3 Å². The molecule has 1 aromatic rings. The van der Waals surface area contributed by atoms with Gasteiger partial charge in [0.25, 0.3) is 0 Å². The van der Waals surface area contributed by atoms with Gasteiger partial charge < -0.3 is 9.80 Å². The van der Waals surface area contributed by atoms with Crippen LogP contribution in [0.4, 0.5) is 0 Å². The number of nitrogens with zero attached hydrogens (tertiary/aromatic N) is 2. The third-order valence-electron chi connectivity index (χ3n) is 10.2. The zero-order chi connectivity index (χ0) is 31.9. The van der Waals surface area contributed by atoms with E-state index in [1.165, 1.54) is 211 Å². The smallest absolute Gasteiger partial charge is 0.127 e. The van der Waals surface area contributed by atoms with Crippen LogP contribution in [0.1, 0.15) is 218 Å². The molecule has 1 aliphatic heterocycles. The molecule has 0 saturated carbocycles. The first kappa shape index (κ1) is 39.7. The quantitative estimate of drug-likeness (QED) is 0.0720. The van der Waals surface area contributed by atoms with Crippen LogP contribution in [-0.2, 0) is 0 Å². The predicted molar refractivity (Wildman–Crippen MR) is 202 cm³/mol. The normalized spacial score (nSPS) is 14.7. The van der Waals surface area contributed by atoms with Gasteiger partial charge in [0, 0.05) is 25.5 Å². The average molecular weight is 623 g/mol. The Hall–Kier alpha value is -1.44. The molecule has 2 heteroatoms. The van der Waals surface area contributed by atoms with Crippen LogP contribution < -0.4 is 0 Å². The zero-order valence-electron chi connectivity index (χ0n) is 30.6. The van der Waals surface area contributed by atoms with Crippen molar-refractivity contribution in [2.75, 3.05) is 13.1 Å². The van der Waals surface area contributed by atoms with Crippen LogP contribution in [0, 0.1) is 0 Å². The molecule has 0 bridgehead atoms. The summed E-state index contributed by atoms with van der Waals surface area (Å²) in [5.41, 5.74) is 1.45. The molecular weight excluding hydrogens is 544 g/mol. The maximum Gasteiger partial charge on any atom is 0.127 e. The van der Waals surface area contributed by atoms with Gasteiger partial charge in [-0.1, -0.05) is 224 Å². The molecule has 260 valence electrons. The highest BCUT2D eigenvalue weighted by atomic mass is 15.4.